The van der Waals surface area contributed by atoms with Crippen LogP contribution in [0.1, 0.15) is 18.4 Å². The zero-order chi connectivity index (χ0) is 20.1. The number of thiocarbonyl (C=S) groups is 1. The summed E-state index contributed by atoms with van der Waals surface area (Å²) in [4.78, 5) is 5.93. The normalized spacial score (nSPS) is 15.3. The number of methoxy groups -OCH3 is 1. The summed E-state index contributed by atoms with van der Waals surface area (Å²) in [6, 6.07) is 16.8. The SMILES string of the molecule is COc1ccc(NC(=S)NC2CCN(CCc3c[nH]c4ccccc34)CC2)cc1. The van der Waals surface area contributed by atoms with Gasteiger partial charge in [-0.15, -0.1) is 0 Å². The van der Waals surface area contributed by atoms with Crippen molar-refractivity contribution in [3.8, 4) is 5.75 Å². The number of benzene rings is 2. The molecule has 2 heterocycles. The average molecular weight is 409 g/mol. The van der Waals surface area contributed by atoms with Crippen LogP contribution >= 0.6 is 12.2 Å². The number of hydrogen-bond acceptors (Lipinski definition) is 3. The molecule has 1 saturated heterocycles. The highest BCUT2D eigenvalue weighted by molar-refractivity contribution is 7.80. The standard InChI is InChI=1S/C23H28N4OS/c1-28-20-8-6-18(7-9-20)25-23(29)26-19-11-14-27(15-12-19)13-10-17-16-24-22-5-3-2-4-21(17)22/h2-9,16,19,24H,10-15H2,1H3,(H2,25,26,29). The van der Waals surface area contributed by atoms with Gasteiger partial charge in [0.15, 0.2) is 5.11 Å². The first-order chi connectivity index (χ1) is 14.2. The Morgan fingerprint density at radius 3 is 2.66 bits per heavy atom. The number of piperidine rings is 1. The van der Waals surface area contributed by atoms with E-state index in [1.54, 1.807) is 7.11 Å². The van der Waals surface area contributed by atoms with Crippen LogP contribution in [-0.2, 0) is 6.42 Å². The maximum atomic E-state index is 5.49. The number of nitrogens with zero attached hydrogens (tertiary/aromatic N) is 1. The van der Waals surface area contributed by atoms with Crippen molar-refractivity contribution in [2.45, 2.75) is 25.3 Å². The highest BCUT2D eigenvalue weighted by Crippen LogP contribution is 2.19. The summed E-state index contributed by atoms with van der Waals surface area (Å²) in [5.41, 5.74) is 3.61. The van der Waals surface area contributed by atoms with Crippen LogP contribution in [0.5, 0.6) is 5.75 Å². The molecule has 2 aromatic carbocycles. The average Bonchev–Trinajstić information content (AvgIpc) is 3.17. The van der Waals surface area contributed by atoms with Gasteiger partial charge in [-0.1, -0.05) is 18.2 Å². The highest BCUT2D eigenvalue weighted by Gasteiger charge is 2.19. The van der Waals surface area contributed by atoms with Crippen molar-refractivity contribution in [2.24, 2.45) is 0 Å². The molecule has 0 radical (unpaired) electrons. The second-order valence-electron chi connectivity index (χ2n) is 7.55. The topological polar surface area (TPSA) is 52.3 Å². The highest BCUT2D eigenvalue weighted by atomic mass is 32.1. The number of hydrogen-bond donors (Lipinski definition) is 3. The smallest absolute Gasteiger partial charge is 0.170 e. The molecule has 0 amide bonds. The molecule has 3 N–H and O–H groups in total. The van der Waals surface area contributed by atoms with E-state index in [0.717, 1.165) is 50.3 Å². The first-order valence-electron chi connectivity index (χ1n) is 10.2. The van der Waals surface area contributed by atoms with Crippen molar-refractivity contribution in [3.63, 3.8) is 0 Å². The molecule has 0 unspecified atom stereocenters. The molecule has 1 aliphatic rings. The second-order valence-corrected chi connectivity index (χ2v) is 7.96. The third-order valence-corrected chi connectivity index (χ3v) is 5.86. The van der Waals surface area contributed by atoms with Crippen molar-refractivity contribution in [1.29, 1.82) is 0 Å². The summed E-state index contributed by atoms with van der Waals surface area (Å²) in [5.74, 6) is 0.842. The van der Waals surface area contributed by atoms with E-state index in [1.807, 2.05) is 24.3 Å². The molecule has 1 fully saturated rings. The van der Waals surface area contributed by atoms with E-state index in [0.29, 0.717) is 11.2 Å². The van der Waals surface area contributed by atoms with E-state index in [2.05, 4.69) is 51.0 Å². The summed E-state index contributed by atoms with van der Waals surface area (Å²) in [6.07, 6.45) is 5.46. The van der Waals surface area contributed by atoms with Gasteiger partial charge in [0.1, 0.15) is 5.75 Å². The number of likely N-dealkylation sites (tertiary alicyclic amines) is 1. The summed E-state index contributed by atoms with van der Waals surface area (Å²) >= 11 is 5.49. The first kappa shape index (κ1) is 19.7. The quantitative estimate of drug-likeness (QED) is 0.535. The summed E-state index contributed by atoms with van der Waals surface area (Å²) < 4.78 is 5.19. The maximum Gasteiger partial charge on any atom is 0.170 e. The molecule has 6 heteroatoms. The lowest BCUT2D eigenvalue weighted by atomic mass is 10.0. The molecule has 0 spiro atoms. The van der Waals surface area contributed by atoms with Gasteiger partial charge in [0.05, 0.1) is 7.11 Å². The molecule has 0 atom stereocenters. The molecule has 5 nitrogen and oxygen atoms in total. The Morgan fingerprint density at radius 2 is 1.90 bits per heavy atom. The fourth-order valence-corrected chi connectivity index (χ4v) is 4.23. The van der Waals surface area contributed by atoms with Gasteiger partial charge in [-0.2, -0.15) is 0 Å². The van der Waals surface area contributed by atoms with Gasteiger partial charge in [0.2, 0.25) is 0 Å². The van der Waals surface area contributed by atoms with Gasteiger partial charge in [-0.25, -0.2) is 0 Å². The Bertz CT molecular complexity index is 945. The number of rotatable bonds is 6. The van der Waals surface area contributed by atoms with Gasteiger partial charge in [0, 0.05) is 48.5 Å². The number of ether oxygens (including phenoxy) is 1. The van der Waals surface area contributed by atoms with Crippen molar-refractivity contribution in [1.82, 2.24) is 15.2 Å². The van der Waals surface area contributed by atoms with E-state index in [9.17, 15) is 0 Å². The number of fused-ring (bicyclic) bond motifs is 1. The van der Waals surface area contributed by atoms with Crippen LogP contribution in [0.25, 0.3) is 10.9 Å². The van der Waals surface area contributed by atoms with E-state index in [4.69, 9.17) is 17.0 Å². The molecule has 3 aromatic rings. The maximum absolute atomic E-state index is 5.49. The van der Waals surface area contributed by atoms with Crippen molar-refractivity contribution in [3.05, 3.63) is 60.3 Å². The monoisotopic (exact) mass is 408 g/mol. The van der Waals surface area contributed by atoms with E-state index >= 15 is 0 Å². The minimum Gasteiger partial charge on any atom is -0.497 e. The van der Waals surface area contributed by atoms with Crippen molar-refractivity contribution in [2.75, 3.05) is 32.1 Å². The van der Waals surface area contributed by atoms with Crippen LogP contribution in [0, 0.1) is 0 Å². The minimum atomic E-state index is 0.428. The first-order valence-corrected chi connectivity index (χ1v) is 10.6. The van der Waals surface area contributed by atoms with Gasteiger partial charge < -0.3 is 25.3 Å². The fourth-order valence-electron chi connectivity index (χ4n) is 3.94. The summed E-state index contributed by atoms with van der Waals surface area (Å²) in [7, 11) is 1.67. The molecule has 0 bridgehead atoms. The van der Waals surface area contributed by atoms with Gasteiger partial charge in [-0.05, 0) is 67.4 Å². The van der Waals surface area contributed by atoms with E-state index in [-0.39, 0.29) is 0 Å². The lowest BCUT2D eigenvalue weighted by Crippen LogP contribution is -2.46. The van der Waals surface area contributed by atoms with E-state index in [1.165, 1.54) is 16.5 Å². The predicted molar refractivity (Wildman–Crippen MR) is 124 cm³/mol. The van der Waals surface area contributed by atoms with E-state index < -0.39 is 0 Å². The number of nitrogens with one attached hydrogen (secondary N) is 3. The molecule has 29 heavy (non-hydrogen) atoms. The van der Waals surface area contributed by atoms with Crippen LogP contribution in [0.3, 0.4) is 0 Å². The number of para-hydroxylation sites is 1. The number of aromatic nitrogens is 1. The fraction of sp³-hybridized carbons (Fsp3) is 0.348. The van der Waals surface area contributed by atoms with Crippen molar-refractivity contribution < 1.29 is 4.74 Å². The van der Waals surface area contributed by atoms with Crippen LogP contribution in [0.2, 0.25) is 0 Å². The molecular formula is C23H28N4OS. The van der Waals surface area contributed by atoms with Gasteiger partial charge >= 0.3 is 0 Å². The van der Waals surface area contributed by atoms with Crippen LogP contribution in [-0.4, -0.2) is 47.8 Å². The molecule has 4 rings (SSSR count). The molecule has 1 aromatic heterocycles. The van der Waals surface area contributed by atoms with Crippen molar-refractivity contribution >= 4 is 33.9 Å². The Balaban J connectivity index is 1.20. The van der Waals surface area contributed by atoms with Crippen LogP contribution < -0.4 is 15.4 Å². The zero-order valence-electron chi connectivity index (χ0n) is 16.8. The van der Waals surface area contributed by atoms with Crippen LogP contribution in [0.15, 0.2) is 54.7 Å². The molecule has 0 aliphatic carbocycles. The van der Waals surface area contributed by atoms with Crippen LogP contribution in [0.4, 0.5) is 5.69 Å². The van der Waals surface area contributed by atoms with Gasteiger partial charge in [-0.3, -0.25) is 0 Å². The molecule has 152 valence electrons. The Kier molecular flexibility index (Phi) is 6.32. The zero-order valence-corrected chi connectivity index (χ0v) is 17.6. The third-order valence-electron chi connectivity index (χ3n) is 5.64. The Labute approximate surface area is 177 Å². The Hall–Kier alpha value is -2.57. The molecule has 1 aliphatic heterocycles. The predicted octanol–water partition coefficient (Wildman–Crippen LogP) is 4.17. The summed E-state index contributed by atoms with van der Waals surface area (Å²) in [6.45, 7) is 3.31. The Morgan fingerprint density at radius 1 is 1.14 bits per heavy atom. The minimum absolute atomic E-state index is 0.428. The number of aromatic amines is 1. The van der Waals surface area contributed by atoms with Gasteiger partial charge in [0.25, 0.3) is 0 Å². The largest absolute Gasteiger partial charge is 0.497 e. The number of H-pyrrole nitrogens is 1. The third kappa shape index (κ3) is 5.08. The lowest BCUT2D eigenvalue weighted by Gasteiger charge is -2.33. The molecule has 0 saturated carbocycles. The lowest BCUT2D eigenvalue weighted by molar-refractivity contribution is 0.209. The molecular weight excluding hydrogens is 380 g/mol. The summed E-state index contributed by atoms with van der Waals surface area (Å²) in [5, 5.41) is 8.76. The second kappa shape index (κ2) is 9.29. The number of anilines is 1.